The predicted octanol–water partition coefficient (Wildman–Crippen LogP) is 2.17. The molecule has 0 aliphatic carbocycles. The molecular weight excluding hydrogens is 284 g/mol. The molecule has 0 spiro atoms. The summed E-state index contributed by atoms with van der Waals surface area (Å²) in [6, 6.07) is 8.49. The average Bonchev–Trinajstić information content (AvgIpc) is 2.79. The lowest BCUT2D eigenvalue weighted by molar-refractivity contribution is -0.137. The van der Waals surface area contributed by atoms with Gasteiger partial charge in [0.25, 0.3) is 0 Å². The number of amides is 1. The molecule has 0 saturated carbocycles. The van der Waals surface area contributed by atoms with Gasteiger partial charge in [-0.1, -0.05) is 35.5 Å². The highest BCUT2D eigenvalue weighted by Gasteiger charge is 2.20. The Hall–Kier alpha value is -2.63. The van der Waals surface area contributed by atoms with E-state index in [1.165, 1.54) is 0 Å². The van der Waals surface area contributed by atoms with Crippen LogP contribution in [0.15, 0.2) is 34.9 Å². The minimum Gasteiger partial charge on any atom is -0.481 e. The molecule has 1 aromatic heterocycles. The minimum atomic E-state index is -0.966. The third-order valence-electron chi connectivity index (χ3n) is 3.43. The van der Waals surface area contributed by atoms with Crippen LogP contribution in [0.4, 0.5) is 0 Å². The number of aliphatic carboxylic acids is 1. The molecular formula is C16H18N2O4. The van der Waals surface area contributed by atoms with Gasteiger partial charge in [-0.3, -0.25) is 9.59 Å². The maximum absolute atomic E-state index is 12.2. The molecule has 22 heavy (non-hydrogen) atoms. The van der Waals surface area contributed by atoms with Crippen LogP contribution in [0, 0.1) is 13.8 Å². The molecule has 0 radical (unpaired) electrons. The molecule has 1 unspecified atom stereocenters. The largest absolute Gasteiger partial charge is 0.481 e. The van der Waals surface area contributed by atoms with Crippen molar-refractivity contribution < 1.29 is 19.2 Å². The quantitative estimate of drug-likeness (QED) is 0.853. The predicted molar refractivity (Wildman–Crippen MR) is 79.3 cm³/mol. The van der Waals surface area contributed by atoms with Gasteiger partial charge >= 0.3 is 5.97 Å². The average molecular weight is 302 g/mol. The highest BCUT2D eigenvalue weighted by molar-refractivity contribution is 5.80. The Labute approximate surface area is 128 Å². The molecule has 2 rings (SSSR count). The summed E-state index contributed by atoms with van der Waals surface area (Å²) in [5, 5.41) is 15.6. The number of hydrogen-bond donors (Lipinski definition) is 2. The van der Waals surface area contributed by atoms with Crippen molar-refractivity contribution >= 4 is 11.9 Å². The Morgan fingerprint density at radius 1 is 1.27 bits per heavy atom. The van der Waals surface area contributed by atoms with Crippen molar-refractivity contribution in [1.29, 1.82) is 0 Å². The number of hydrogen-bond acceptors (Lipinski definition) is 4. The summed E-state index contributed by atoms with van der Waals surface area (Å²) in [5.41, 5.74) is 2.17. The number of benzene rings is 1. The second kappa shape index (κ2) is 6.89. The Bertz CT molecular complexity index is 645. The Kier molecular flexibility index (Phi) is 4.93. The maximum atomic E-state index is 12.2. The zero-order valence-electron chi connectivity index (χ0n) is 12.5. The number of nitrogens with zero attached hydrogens (tertiary/aromatic N) is 1. The highest BCUT2D eigenvalue weighted by atomic mass is 16.5. The van der Waals surface area contributed by atoms with Gasteiger partial charge < -0.3 is 14.9 Å². The van der Waals surface area contributed by atoms with Crippen molar-refractivity contribution in [2.45, 2.75) is 32.7 Å². The molecule has 116 valence electrons. The lowest BCUT2D eigenvalue weighted by Crippen LogP contribution is -2.31. The summed E-state index contributed by atoms with van der Waals surface area (Å²) < 4.78 is 5.03. The van der Waals surface area contributed by atoms with E-state index in [4.69, 9.17) is 9.63 Å². The smallest absolute Gasteiger partial charge is 0.305 e. The van der Waals surface area contributed by atoms with Gasteiger partial charge in [-0.25, -0.2) is 0 Å². The van der Waals surface area contributed by atoms with Crippen molar-refractivity contribution in [1.82, 2.24) is 10.5 Å². The molecule has 0 aliphatic rings. The van der Waals surface area contributed by atoms with E-state index in [0.29, 0.717) is 11.5 Å². The van der Waals surface area contributed by atoms with E-state index in [-0.39, 0.29) is 18.7 Å². The third kappa shape index (κ3) is 3.94. The first-order valence-electron chi connectivity index (χ1n) is 6.95. The number of aryl methyl sites for hydroxylation is 2. The van der Waals surface area contributed by atoms with Crippen LogP contribution in [0.25, 0.3) is 0 Å². The molecule has 0 fully saturated rings. The van der Waals surface area contributed by atoms with Crippen molar-refractivity contribution in [2.24, 2.45) is 0 Å². The van der Waals surface area contributed by atoms with Crippen LogP contribution in [-0.2, 0) is 16.0 Å². The van der Waals surface area contributed by atoms with Crippen molar-refractivity contribution in [2.75, 3.05) is 0 Å². The zero-order valence-corrected chi connectivity index (χ0v) is 12.5. The molecule has 1 aromatic carbocycles. The number of nitrogens with one attached hydrogen (secondary N) is 1. The van der Waals surface area contributed by atoms with Crippen molar-refractivity contribution in [3.05, 3.63) is 52.9 Å². The highest BCUT2D eigenvalue weighted by Crippen LogP contribution is 2.18. The number of carboxylic acid groups (broad SMARTS) is 1. The van der Waals surface area contributed by atoms with Crippen LogP contribution in [-0.4, -0.2) is 22.1 Å². The molecule has 6 heteroatoms. The van der Waals surface area contributed by atoms with Crippen molar-refractivity contribution in [3.8, 4) is 0 Å². The van der Waals surface area contributed by atoms with Gasteiger partial charge in [0.1, 0.15) is 5.76 Å². The van der Waals surface area contributed by atoms with Crippen LogP contribution >= 0.6 is 0 Å². The Balaban J connectivity index is 2.10. The SMILES string of the molecule is Cc1noc(C)c1CC(=O)NC(CC(=O)O)c1ccccc1. The number of carboxylic acids is 1. The minimum absolute atomic E-state index is 0.115. The lowest BCUT2D eigenvalue weighted by atomic mass is 10.0. The standard InChI is InChI=1S/C16H18N2O4/c1-10-13(11(2)22-18-10)8-15(19)17-14(9-16(20)21)12-6-4-3-5-7-12/h3-7,14H,8-9H2,1-2H3,(H,17,19)(H,20,21). The number of aromatic nitrogens is 1. The molecule has 1 atom stereocenters. The summed E-state index contributed by atoms with van der Waals surface area (Å²) in [6.07, 6.45) is -0.0541. The fourth-order valence-corrected chi connectivity index (χ4v) is 2.27. The van der Waals surface area contributed by atoms with Crippen LogP contribution in [0.1, 0.15) is 35.0 Å². The fourth-order valence-electron chi connectivity index (χ4n) is 2.27. The summed E-state index contributed by atoms with van der Waals surface area (Å²) in [6.45, 7) is 3.51. The zero-order chi connectivity index (χ0) is 16.1. The topological polar surface area (TPSA) is 92.4 Å². The second-order valence-corrected chi connectivity index (χ2v) is 5.11. The van der Waals surface area contributed by atoms with Gasteiger partial charge in [0.2, 0.25) is 5.91 Å². The van der Waals surface area contributed by atoms with E-state index in [1.807, 2.05) is 18.2 Å². The van der Waals surface area contributed by atoms with Gasteiger partial charge in [-0.15, -0.1) is 0 Å². The monoisotopic (exact) mass is 302 g/mol. The van der Waals surface area contributed by atoms with E-state index in [1.54, 1.807) is 26.0 Å². The molecule has 2 aromatic rings. The fraction of sp³-hybridized carbons (Fsp3) is 0.312. The first kappa shape index (κ1) is 15.8. The van der Waals surface area contributed by atoms with Crippen LogP contribution in [0.5, 0.6) is 0 Å². The van der Waals surface area contributed by atoms with Gasteiger partial charge in [-0.2, -0.15) is 0 Å². The summed E-state index contributed by atoms with van der Waals surface area (Å²) in [4.78, 5) is 23.2. The molecule has 0 saturated heterocycles. The van der Waals surface area contributed by atoms with Gasteiger partial charge in [0, 0.05) is 5.56 Å². The van der Waals surface area contributed by atoms with Crippen molar-refractivity contribution in [3.63, 3.8) is 0 Å². The number of carbonyl (C=O) groups is 2. The van der Waals surface area contributed by atoms with Crippen LogP contribution in [0.2, 0.25) is 0 Å². The van der Waals surface area contributed by atoms with E-state index < -0.39 is 12.0 Å². The van der Waals surface area contributed by atoms with Crippen LogP contribution in [0.3, 0.4) is 0 Å². The first-order chi connectivity index (χ1) is 10.5. The normalized spacial score (nSPS) is 11.9. The molecule has 6 nitrogen and oxygen atoms in total. The van der Waals surface area contributed by atoms with Gasteiger partial charge in [0.15, 0.2) is 0 Å². The Morgan fingerprint density at radius 2 is 1.95 bits per heavy atom. The Morgan fingerprint density at radius 3 is 2.50 bits per heavy atom. The van der Waals surface area contributed by atoms with Gasteiger partial charge in [0.05, 0.1) is 24.6 Å². The van der Waals surface area contributed by atoms with Crippen LogP contribution < -0.4 is 5.32 Å². The van der Waals surface area contributed by atoms with E-state index >= 15 is 0 Å². The van der Waals surface area contributed by atoms with E-state index in [0.717, 1.165) is 11.1 Å². The van der Waals surface area contributed by atoms with Gasteiger partial charge in [-0.05, 0) is 19.4 Å². The summed E-state index contributed by atoms with van der Waals surface area (Å²) >= 11 is 0. The first-order valence-corrected chi connectivity index (χ1v) is 6.95. The van der Waals surface area contributed by atoms with E-state index in [2.05, 4.69) is 10.5 Å². The molecule has 2 N–H and O–H groups in total. The molecule has 0 bridgehead atoms. The molecule has 1 heterocycles. The third-order valence-corrected chi connectivity index (χ3v) is 3.43. The maximum Gasteiger partial charge on any atom is 0.305 e. The lowest BCUT2D eigenvalue weighted by Gasteiger charge is -2.17. The second-order valence-electron chi connectivity index (χ2n) is 5.11. The molecule has 0 aliphatic heterocycles. The summed E-state index contributed by atoms with van der Waals surface area (Å²) in [5.74, 6) is -0.627. The number of carbonyl (C=O) groups excluding carboxylic acids is 1. The molecule has 1 amide bonds. The van der Waals surface area contributed by atoms with E-state index in [9.17, 15) is 9.59 Å². The number of rotatable bonds is 6. The summed E-state index contributed by atoms with van der Waals surface area (Å²) in [7, 11) is 0.